The van der Waals surface area contributed by atoms with Crippen molar-refractivity contribution in [2.24, 2.45) is 0 Å². The second kappa shape index (κ2) is 7.26. The average Bonchev–Trinajstić information content (AvgIpc) is 3.13. The molecule has 0 aliphatic carbocycles. The lowest BCUT2D eigenvalue weighted by molar-refractivity contribution is 0.104. The van der Waals surface area contributed by atoms with E-state index in [2.05, 4.69) is 0 Å². The molecule has 2 aromatic carbocycles. The summed E-state index contributed by atoms with van der Waals surface area (Å²) >= 11 is 0. The number of hydrogen-bond donors (Lipinski definition) is 1. The van der Waals surface area contributed by atoms with Gasteiger partial charge in [-0.3, -0.25) is 4.79 Å². The SMILES string of the molecule is COc1ccc(C(=O)/C=C/c2cc(O)c3c(c2)OCO3)c(OC)c1OC. The number of aromatic hydroxyl groups is 1. The molecule has 136 valence electrons. The number of ether oxygens (including phenoxy) is 5. The Hall–Kier alpha value is -3.35. The van der Waals surface area contributed by atoms with E-state index in [1.54, 1.807) is 24.3 Å². The zero-order chi connectivity index (χ0) is 18.7. The van der Waals surface area contributed by atoms with Gasteiger partial charge in [0, 0.05) is 0 Å². The van der Waals surface area contributed by atoms with Crippen LogP contribution in [0.4, 0.5) is 0 Å². The average molecular weight is 358 g/mol. The first kappa shape index (κ1) is 17.5. The molecule has 0 aromatic heterocycles. The van der Waals surface area contributed by atoms with Gasteiger partial charge in [0.2, 0.25) is 18.3 Å². The molecular weight excluding hydrogens is 340 g/mol. The van der Waals surface area contributed by atoms with Crippen molar-refractivity contribution in [2.75, 3.05) is 28.1 Å². The highest BCUT2D eigenvalue weighted by molar-refractivity contribution is 6.09. The van der Waals surface area contributed by atoms with Crippen LogP contribution in [0.5, 0.6) is 34.5 Å². The number of rotatable bonds is 6. The number of methoxy groups -OCH3 is 3. The number of phenols is 1. The number of phenolic OH excluding ortho intramolecular Hbond substituents is 1. The van der Waals surface area contributed by atoms with Crippen LogP contribution in [0.1, 0.15) is 15.9 Å². The Bertz CT molecular complexity index is 871. The molecule has 3 rings (SSSR count). The van der Waals surface area contributed by atoms with Crippen molar-refractivity contribution in [3.63, 3.8) is 0 Å². The molecule has 26 heavy (non-hydrogen) atoms. The molecule has 0 amide bonds. The second-order valence-electron chi connectivity index (χ2n) is 5.35. The monoisotopic (exact) mass is 358 g/mol. The molecule has 1 N–H and O–H groups in total. The molecule has 0 saturated carbocycles. The first-order valence-corrected chi connectivity index (χ1v) is 7.73. The minimum absolute atomic E-state index is 0.0456. The van der Waals surface area contributed by atoms with E-state index < -0.39 is 0 Å². The zero-order valence-corrected chi connectivity index (χ0v) is 14.6. The molecule has 0 fully saturated rings. The molecule has 0 spiro atoms. The van der Waals surface area contributed by atoms with Crippen LogP contribution in [-0.2, 0) is 0 Å². The molecule has 1 aliphatic heterocycles. The number of hydrogen-bond acceptors (Lipinski definition) is 7. The zero-order valence-electron chi connectivity index (χ0n) is 14.6. The molecule has 1 heterocycles. The second-order valence-corrected chi connectivity index (χ2v) is 5.35. The van der Waals surface area contributed by atoms with Crippen LogP contribution in [0, 0.1) is 0 Å². The largest absolute Gasteiger partial charge is 0.504 e. The summed E-state index contributed by atoms with van der Waals surface area (Å²) in [5.74, 6) is 1.49. The van der Waals surface area contributed by atoms with Gasteiger partial charge >= 0.3 is 0 Å². The third-order valence-corrected chi connectivity index (χ3v) is 3.87. The Labute approximate surface area is 150 Å². The van der Waals surface area contributed by atoms with Crippen molar-refractivity contribution in [3.05, 3.63) is 41.5 Å². The van der Waals surface area contributed by atoms with E-state index in [-0.39, 0.29) is 24.1 Å². The summed E-state index contributed by atoms with van der Waals surface area (Å²) in [6, 6.07) is 6.40. The van der Waals surface area contributed by atoms with Crippen molar-refractivity contribution in [2.45, 2.75) is 0 Å². The summed E-state index contributed by atoms with van der Waals surface area (Å²) in [6.07, 6.45) is 2.95. The van der Waals surface area contributed by atoms with Gasteiger partial charge < -0.3 is 28.8 Å². The van der Waals surface area contributed by atoms with Gasteiger partial charge in [0.1, 0.15) is 0 Å². The highest BCUT2D eigenvalue weighted by Gasteiger charge is 2.20. The van der Waals surface area contributed by atoms with Crippen LogP contribution in [0.2, 0.25) is 0 Å². The number of carbonyl (C=O) groups excluding carboxylic acids is 1. The van der Waals surface area contributed by atoms with Crippen LogP contribution in [0.3, 0.4) is 0 Å². The lowest BCUT2D eigenvalue weighted by Gasteiger charge is -2.14. The van der Waals surface area contributed by atoms with Gasteiger partial charge in [-0.2, -0.15) is 0 Å². The molecular formula is C19H18O7. The summed E-state index contributed by atoms with van der Waals surface area (Å²) in [5.41, 5.74) is 0.922. The Balaban J connectivity index is 1.91. The van der Waals surface area contributed by atoms with E-state index in [9.17, 15) is 9.90 Å². The van der Waals surface area contributed by atoms with Crippen LogP contribution >= 0.6 is 0 Å². The maximum absolute atomic E-state index is 12.6. The van der Waals surface area contributed by atoms with Crippen molar-refractivity contribution in [3.8, 4) is 34.5 Å². The molecule has 1 aliphatic rings. The molecule has 7 nitrogen and oxygen atoms in total. The Morgan fingerprint density at radius 1 is 1.08 bits per heavy atom. The fraction of sp³-hybridized carbons (Fsp3) is 0.211. The maximum atomic E-state index is 12.6. The third kappa shape index (κ3) is 3.11. The lowest BCUT2D eigenvalue weighted by atomic mass is 10.1. The minimum Gasteiger partial charge on any atom is -0.504 e. The van der Waals surface area contributed by atoms with E-state index in [0.717, 1.165) is 0 Å². The summed E-state index contributed by atoms with van der Waals surface area (Å²) < 4.78 is 26.2. The standard InChI is InChI=1S/C19H18O7/c1-22-15-7-5-12(17(23-2)19(15)24-3)13(20)6-4-11-8-14(21)18-16(9-11)25-10-26-18/h4-9,21H,10H2,1-3H3/b6-4+. The summed E-state index contributed by atoms with van der Waals surface area (Å²) in [5, 5.41) is 9.93. The summed E-state index contributed by atoms with van der Waals surface area (Å²) in [4.78, 5) is 12.6. The molecule has 0 radical (unpaired) electrons. The van der Waals surface area contributed by atoms with E-state index in [4.69, 9.17) is 23.7 Å². The molecule has 0 unspecified atom stereocenters. The lowest BCUT2D eigenvalue weighted by Crippen LogP contribution is -2.02. The Morgan fingerprint density at radius 3 is 2.54 bits per heavy atom. The van der Waals surface area contributed by atoms with E-state index in [1.165, 1.54) is 33.5 Å². The maximum Gasteiger partial charge on any atom is 0.231 e. The van der Waals surface area contributed by atoms with Gasteiger partial charge in [-0.1, -0.05) is 6.08 Å². The van der Waals surface area contributed by atoms with Gasteiger partial charge in [0.25, 0.3) is 0 Å². The van der Waals surface area contributed by atoms with Gasteiger partial charge in [-0.15, -0.1) is 0 Å². The topological polar surface area (TPSA) is 83.5 Å². The third-order valence-electron chi connectivity index (χ3n) is 3.87. The highest BCUT2D eigenvalue weighted by Crippen LogP contribution is 2.42. The molecule has 0 bridgehead atoms. The van der Waals surface area contributed by atoms with E-state index >= 15 is 0 Å². The Morgan fingerprint density at radius 2 is 1.85 bits per heavy atom. The first-order valence-electron chi connectivity index (χ1n) is 7.73. The number of benzene rings is 2. The van der Waals surface area contributed by atoms with Gasteiger partial charge in [0.15, 0.2) is 28.8 Å². The molecule has 7 heteroatoms. The predicted molar refractivity (Wildman–Crippen MR) is 93.7 cm³/mol. The number of ketones is 1. The smallest absolute Gasteiger partial charge is 0.231 e. The molecule has 2 aromatic rings. The quantitative estimate of drug-likeness (QED) is 0.628. The van der Waals surface area contributed by atoms with Crippen LogP contribution < -0.4 is 23.7 Å². The first-order chi connectivity index (χ1) is 12.6. The molecule has 0 atom stereocenters. The van der Waals surface area contributed by atoms with E-state index in [1.807, 2.05) is 0 Å². The van der Waals surface area contributed by atoms with Crippen LogP contribution in [-0.4, -0.2) is 39.0 Å². The normalized spacial score (nSPS) is 12.3. The van der Waals surface area contributed by atoms with Gasteiger partial charge in [-0.05, 0) is 35.9 Å². The van der Waals surface area contributed by atoms with Gasteiger partial charge in [-0.25, -0.2) is 0 Å². The fourth-order valence-electron chi connectivity index (χ4n) is 2.67. The van der Waals surface area contributed by atoms with Crippen molar-refractivity contribution < 1.29 is 33.6 Å². The summed E-state index contributed by atoms with van der Waals surface area (Å²) in [7, 11) is 4.43. The Kier molecular flexibility index (Phi) is 4.88. The highest BCUT2D eigenvalue weighted by atomic mass is 16.7. The van der Waals surface area contributed by atoms with Crippen molar-refractivity contribution in [1.29, 1.82) is 0 Å². The van der Waals surface area contributed by atoms with Crippen molar-refractivity contribution in [1.82, 2.24) is 0 Å². The minimum atomic E-state index is -0.292. The number of fused-ring (bicyclic) bond motifs is 1. The fourth-order valence-corrected chi connectivity index (χ4v) is 2.67. The van der Waals surface area contributed by atoms with E-state index in [0.29, 0.717) is 34.1 Å². The van der Waals surface area contributed by atoms with Crippen LogP contribution in [0.25, 0.3) is 6.08 Å². The van der Waals surface area contributed by atoms with Gasteiger partial charge in [0.05, 0.1) is 26.9 Å². The number of allylic oxidation sites excluding steroid dienone is 1. The summed E-state index contributed by atoms with van der Waals surface area (Å²) in [6.45, 7) is 0.0534. The van der Waals surface area contributed by atoms with Crippen molar-refractivity contribution >= 4 is 11.9 Å². The number of carbonyl (C=O) groups is 1. The molecule has 0 saturated heterocycles. The van der Waals surface area contributed by atoms with Crippen LogP contribution in [0.15, 0.2) is 30.3 Å². The predicted octanol–water partition coefficient (Wildman–Crippen LogP) is 3.04.